The van der Waals surface area contributed by atoms with Crippen LogP contribution in [0, 0.1) is 5.41 Å². The Labute approximate surface area is 105 Å². The number of nitrogens with zero attached hydrogens (tertiary/aromatic N) is 1. The average molecular weight is 246 g/mol. The van der Waals surface area contributed by atoms with E-state index in [1.165, 1.54) is 0 Å². The number of hydrogen-bond donors (Lipinski definition) is 3. The molecule has 1 fully saturated rings. The largest absolute Gasteiger partial charge is 0.497 e. The van der Waals surface area contributed by atoms with E-state index in [9.17, 15) is 4.79 Å². The summed E-state index contributed by atoms with van der Waals surface area (Å²) in [6, 6.07) is 7.36. The zero-order valence-corrected chi connectivity index (χ0v) is 9.93. The summed E-state index contributed by atoms with van der Waals surface area (Å²) in [5.41, 5.74) is 9.46. The molecule has 1 aromatic carbocycles. The molecule has 1 amide bonds. The van der Waals surface area contributed by atoms with Crippen molar-refractivity contribution in [2.24, 2.45) is 5.73 Å². The third kappa shape index (κ3) is 2.33. The lowest BCUT2D eigenvalue weighted by molar-refractivity contribution is -0.122. The predicted molar refractivity (Wildman–Crippen MR) is 67.7 cm³/mol. The molecule has 0 unspecified atom stereocenters. The molecule has 4 N–H and O–H groups in total. The third-order valence-electron chi connectivity index (χ3n) is 2.60. The molecule has 0 aromatic heterocycles. The second kappa shape index (κ2) is 4.89. The molecule has 1 aromatic rings. The van der Waals surface area contributed by atoms with Crippen molar-refractivity contribution in [3.63, 3.8) is 0 Å². The minimum absolute atomic E-state index is 0.293. The van der Waals surface area contributed by atoms with Gasteiger partial charge in [0.1, 0.15) is 5.75 Å². The van der Waals surface area contributed by atoms with Crippen molar-refractivity contribution in [2.75, 3.05) is 13.7 Å². The number of methoxy groups -OCH3 is 1. The van der Waals surface area contributed by atoms with Gasteiger partial charge in [0.25, 0.3) is 5.91 Å². The molecular formula is C12H14N4O2. The summed E-state index contributed by atoms with van der Waals surface area (Å²) in [5, 5.41) is 8.24. The summed E-state index contributed by atoms with van der Waals surface area (Å²) in [5.74, 6) is 0.162. The van der Waals surface area contributed by atoms with Crippen molar-refractivity contribution < 1.29 is 9.53 Å². The Morgan fingerprint density at radius 1 is 1.50 bits per heavy atom. The Hall–Kier alpha value is -2.34. The third-order valence-corrected chi connectivity index (χ3v) is 2.60. The summed E-state index contributed by atoms with van der Waals surface area (Å²) >= 11 is 0. The quantitative estimate of drug-likeness (QED) is 0.398. The highest BCUT2D eigenvalue weighted by Crippen LogP contribution is 2.16. The Kier molecular flexibility index (Phi) is 3.29. The van der Waals surface area contributed by atoms with Crippen LogP contribution in [-0.2, 0) is 4.79 Å². The number of hydrazine groups is 1. The number of ether oxygens (including phenoxy) is 1. The van der Waals surface area contributed by atoms with Gasteiger partial charge in [-0.2, -0.15) is 0 Å². The fourth-order valence-electron chi connectivity index (χ4n) is 1.66. The minimum Gasteiger partial charge on any atom is -0.497 e. The number of nitrogens with one attached hydrogen (secondary N) is 2. The van der Waals surface area contributed by atoms with Gasteiger partial charge >= 0.3 is 0 Å². The first-order chi connectivity index (χ1) is 8.61. The molecule has 6 heteroatoms. The Bertz CT molecular complexity index is 507. The van der Waals surface area contributed by atoms with E-state index in [2.05, 4.69) is 5.43 Å². The number of rotatable bonds is 2. The van der Waals surface area contributed by atoms with Crippen LogP contribution in [0.1, 0.15) is 5.56 Å². The first-order valence-corrected chi connectivity index (χ1v) is 5.38. The summed E-state index contributed by atoms with van der Waals surface area (Å²) in [4.78, 5) is 11.8. The van der Waals surface area contributed by atoms with Gasteiger partial charge in [0, 0.05) is 12.1 Å². The fourth-order valence-corrected chi connectivity index (χ4v) is 1.66. The van der Waals surface area contributed by atoms with Gasteiger partial charge in [-0.3, -0.25) is 10.2 Å². The molecule has 94 valence electrons. The maximum absolute atomic E-state index is 11.8. The maximum Gasteiger partial charge on any atom is 0.272 e. The van der Waals surface area contributed by atoms with E-state index in [-0.39, 0.29) is 11.9 Å². The molecule has 1 aliphatic heterocycles. The van der Waals surface area contributed by atoms with Crippen molar-refractivity contribution in [3.8, 4) is 5.75 Å². The predicted octanol–water partition coefficient (Wildman–Crippen LogP) is 0.319. The highest BCUT2D eigenvalue weighted by Gasteiger charge is 2.27. The molecule has 0 saturated carbocycles. The first-order valence-electron chi connectivity index (χ1n) is 5.38. The van der Waals surface area contributed by atoms with Crippen LogP contribution < -0.4 is 15.9 Å². The molecule has 6 nitrogen and oxygen atoms in total. The molecule has 2 rings (SSSR count). The van der Waals surface area contributed by atoms with Crippen molar-refractivity contribution >= 4 is 17.9 Å². The van der Waals surface area contributed by atoms with E-state index in [0.29, 0.717) is 12.1 Å². The van der Waals surface area contributed by atoms with E-state index in [1.54, 1.807) is 13.2 Å². The van der Waals surface area contributed by atoms with Crippen molar-refractivity contribution in [1.29, 1.82) is 5.41 Å². The highest BCUT2D eigenvalue weighted by molar-refractivity contribution is 6.08. The van der Waals surface area contributed by atoms with Gasteiger partial charge in [0.2, 0.25) is 5.96 Å². The van der Waals surface area contributed by atoms with E-state index < -0.39 is 0 Å². The molecule has 0 radical (unpaired) electrons. The smallest absolute Gasteiger partial charge is 0.272 e. The summed E-state index contributed by atoms with van der Waals surface area (Å²) in [6.07, 6.45) is 1.76. The number of nitrogens with two attached hydrogens (primary N) is 1. The van der Waals surface area contributed by atoms with Crippen LogP contribution in [0.5, 0.6) is 5.75 Å². The number of hydrogen-bond acceptors (Lipinski definition) is 4. The summed E-state index contributed by atoms with van der Waals surface area (Å²) in [7, 11) is 1.60. The molecule has 1 heterocycles. The minimum atomic E-state index is -0.307. The fraction of sp³-hybridized carbons (Fsp3) is 0.167. The standard InChI is InChI=1S/C12H14N4O2/c1-18-10-4-2-8(3-5-10)6-9-7-15-16(11(9)17)12(13)14/h2-6,15H,7H2,1H3,(H3,13,14)/b9-6+. The van der Waals surface area contributed by atoms with Gasteiger partial charge in [-0.1, -0.05) is 12.1 Å². The molecular weight excluding hydrogens is 232 g/mol. The van der Waals surface area contributed by atoms with Gasteiger partial charge in [-0.05, 0) is 23.8 Å². The zero-order valence-electron chi connectivity index (χ0n) is 9.93. The Balaban J connectivity index is 2.18. The summed E-state index contributed by atoms with van der Waals surface area (Å²) in [6.45, 7) is 0.366. The molecule has 0 atom stereocenters. The average Bonchev–Trinajstić information content (AvgIpc) is 2.72. The normalized spacial score (nSPS) is 17.3. The van der Waals surface area contributed by atoms with Crippen LogP contribution in [0.4, 0.5) is 0 Å². The van der Waals surface area contributed by atoms with E-state index in [0.717, 1.165) is 16.3 Å². The lowest BCUT2D eigenvalue weighted by Crippen LogP contribution is -2.44. The van der Waals surface area contributed by atoms with Crippen LogP contribution in [0.2, 0.25) is 0 Å². The highest BCUT2D eigenvalue weighted by atomic mass is 16.5. The number of amides is 1. The SMILES string of the molecule is COc1ccc(/C=C2\CNN(C(=N)N)C2=O)cc1. The van der Waals surface area contributed by atoms with Crippen molar-refractivity contribution in [1.82, 2.24) is 10.4 Å². The molecule has 0 spiro atoms. The van der Waals surface area contributed by atoms with Crippen molar-refractivity contribution in [3.05, 3.63) is 35.4 Å². The van der Waals surface area contributed by atoms with E-state index in [1.807, 2.05) is 24.3 Å². The van der Waals surface area contributed by atoms with Gasteiger partial charge in [-0.25, -0.2) is 10.4 Å². The van der Waals surface area contributed by atoms with Crippen LogP contribution in [0.15, 0.2) is 29.8 Å². The molecule has 0 aliphatic carbocycles. The van der Waals surface area contributed by atoms with Crippen LogP contribution in [0.3, 0.4) is 0 Å². The lowest BCUT2D eigenvalue weighted by Gasteiger charge is -2.10. The van der Waals surface area contributed by atoms with Gasteiger partial charge in [0.15, 0.2) is 0 Å². The Morgan fingerprint density at radius 3 is 2.67 bits per heavy atom. The number of guanidine groups is 1. The Morgan fingerprint density at radius 2 is 2.17 bits per heavy atom. The second-order valence-electron chi connectivity index (χ2n) is 3.80. The zero-order chi connectivity index (χ0) is 13.1. The first kappa shape index (κ1) is 12.1. The van der Waals surface area contributed by atoms with Gasteiger partial charge in [0.05, 0.1) is 7.11 Å². The van der Waals surface area contributed by atoms with Crippen molar-refractivity contribution in [2.45, 2.75) is 0 Å². The molecule has 18 heavy (non-hydrogen) atoms. The number of carbonyl (C=O) groups is 1. The maximum atomic E-state index is 11.8. The number of carbonyl (C=O) groups excluding carboxylic acids is 1. The van der Waals surface area contributed by atoms with Crippen LogP contribution >= 0.6 is 0 Å². The topological polar surface area (TPSA) is 91.4 Å². The second-order valence-corrected chi connectivity index (χ2v) is 3.80. The molecule has 0 bridgehead atoms. The van der Waals surface area contributed by atoms with E-state index >= 15 is 0 Å². The van der Waals surface area contributed by atoms with Crippen LogP contribution in [0.25, 0.3) is 6.08 Å². The molecule has 1 saturated heterocycles. The lowest BCUT2D eigenvalue weighted by atomic mass is 10.1. The van der Waals surface area contributed by atoms with Gasteiger partial charge in [-0.15, -0.1) is 0 Å². The van der Waals surface area contributed by atoms with Gasteiger partial charge < -0.3 is 10.5 Å². The van der Waals surface area contributed by atoms with E-state index in [4.69, 9.17) is 15.9 Å². The number of benzene rings is 1. The molecule has 1 aliphatic rings. The monoisotopic (exact) mass is 246 g/mol. The van der Waals surface area contributed by atoms with Crippen LogP contribution in [-0.4, -0.2) is 30.5 Å². The summed E-state index contributed by atoms with van der Waals surface area (Å²) < 4.78 is 5.06.